The molecule has 2 unspecified atom stereocenters. The minimum Gasteiger partial charge on any atom is -0.454 e. The average Bonchev–Trinajstić information content (AvgIpc) is 3.61. The number of carbonyl (C=O) groups is 1. The normalized spacial score (nSPS) is 19.5. The van der Waals surface area contributed by atoms with Gasteiger partial charge in [0.15, 0.2) is 11.5 Å². The van der Waals surface area contributed by atoms with Crippen LogP contribution >= 0.6 is 0 Å². The van der Waals surface area contributed by atoms with Crippen molar-refractivity contribution in [2.45, 2.75) is 25.9 Å². The largest absolute Gasteiger partial charge is 0.454 e. The van der Waals surface area contributed by atoms with Crippen molar-refractivity contribution in [3.63, 3.8) is 0 Å². The van der Waals surface area contributed by atoms with Gasteiger partial charge in [-0.05, 0) is 43.7 Å². The minimum atomic E-state index is -0.163. The van der Waals surface area contributed by atoms with Crippen LogP contribution in [-0.2, 0) is 11.3 Å². The number of benzene rings is 1. The third kappa shape index (κ3) is 4.59. The molecular weight excluding hydrogens is 434 g/mol. The predicted molar refractivity (Wildman–Crippen MR) is 125 cm³/mol. The minimum absolute atomic E-state index is 0.0428. The Bertz CT molecular complexity index is 1150. The van der Waals surface area contributed by atoms with Gasteiger partial charge in [0.1, 0.15) is 6.33 Å². The number of likely N-dealkylation sites (tertiary alicyclic amines) is 1. The number of fused-ring (bicyclic) bond motifs is 1. The number of nitrogens with one attached hydrogen (secondary N) is 2. The second-order valence-electron chi connectivity index (χ2n) is 8.56. The van der Waals surface area contributed by atoms with Crippen molar-refractivity contribution in [1.29, 1.82) is 0 Å². The fraction of sp³-hybridized carbons (Fsp3) is 0.417. The summed E-state index contributed by atoms with van der Waals surface area (Å²) in [5.74, 6) is 2.03. The summed E-state index contributed by atoms with van der Waals surface area (Å²) in [5.41, 5.74) is 2.86. The Morgan fingerprint density at radius 1 is 1.21 bits per heavy atom. The molecule has 0 aliphatic carbocycles. The fourth-order valence-corrected chi connectivity index (χ4v) is 4.69. The molecule has 3 aromatic rings. The monoisotopic (exact) mass is 463 g/mol. The van der Waals surface area contributed by atoms with Gasteiger partial charge in [-0.3, -0.25) is 14.3 Å². The zero-order valence-electron chi connectivity index (χ0n) is 19.4. The number of aryl methyl sites for hydroxylation is 1. The van der Waals surface area contributed by atoms with Gasteiger partial charge in [0.05, 0.1) is 17.7 Å². The highest BCUT2D eigenvalue weighted by Gasteiger charge is 2.40. The van der Waals surface area contributed by atoms with Crippen molar-refractivity contribution < 1.29 is 14.3 Å². The quantitative estimate of drug-likeness (QED) is 0.485. The van der Waals surface area contributed by atoms with Crippen molar-refractivity contribution in [1.82, 2.24) is 35.1 Å². The molecule has 2 aromatic heterocycles. The number of imidazole rings is 1. The van der Waals surface area contributed by atoms with E-state index >= 15 is 0 Å². The number of aromatic nitrogens is 4. The van der Waals surface area contributed by atoms with Gasteiger partial charge in [0.2, 0.25) is 18.6 Å². The van der Waals surface area contributed by atoms with E-state index in [-0.39, 0.29) is 24.7 Å². The molecule has 1 saturated heterocycles. The summed E-state index contributed by atoms with van der Waals surface area (Å²) in [6.45, 7) is 5.37. The number of nitrogens with zero attached hydrogens (tertiary/aromatic N) is 5. The van der Waals surface area contributed by atoms with E-state index in [2.05, 4.69) is 25.5 Å². The van der Waals surface area contributed by atoms with Crippen LogP contribution in [0.15, 0.2) is 43.0 Å². The third-order valence-electron chi connectivity index (χ3n) is 6.33. The van der Waals surface area contributed by atoms with E-state index in [0.29, 0.717) is 5.95 Å². The highest BCUT2D eigenvalue weighted by atomic mass is 16.7. The molecule has 4 heterocycles. The molecule has 1 fully saturated rings. The summed E-state index contributed by atoms with van der Waals surface area (Å²) in [4.78, 5) is 28.5. The Kier molecular flexibility index (Phi) is 6.41. The maximum Gasteiger partial charge on any atom is 0.235 e. The second kappa shape index (κ2) is 9.78. The van der Waals surface area contributed by atoms with Crippen molar-refractivity contribution in [2.24, 2.45) is 5.92 Å². The van der Waals surface area contributed by atoms with Crippen LogP contribution in [0, 0.1) is 12.8 Å². The summed E-state index contributed by atoms with van der Waals surface area (Å²) in [5, 5.41) is 6.34. The molecular formula is C24H29N7O3. The number of rotatable bonds is 8. The molecule has 0 radical (unpaired) electrons. The van der Waals surface area contributed by atoms with Crippen LogP contribution in [-0.4, -0.2) is 63.8 Å². The summed E-state index contributed by atoms with van der Waals surface area (Å²) in [6.07, 6.45) is 5.99. The van der Waals surface area contributed by atoms with Gasteiger partial charge >= 0.3 is 0 Å². The first kappa shape index (κ1) is 22.3. The first-order valence-electron chi connectivity index (χ1n) is 11.5. The van der Waals surface area contributed by atoms with Gasteiger partial charge in [-0.15, -0.1) is 0 Å². The lowest BCUT2D eigenvalue weighted by atomic mass is 9.96. The van der Waals surface area contributed by atoms with E-state index in [1.165, 1.54) is 0 Å². The van der Waals surface area contributed by atoms with E-state index in [1.807, 2.05) is 37.4 Å². The maximum absolute atomic E-state index is 12.7. The highest BCUT2D eigenvalue weighted by molar-refractivity contribution is 5.79. The molecule has 0 bridgehead atoms. The lowest BCUT2D eigenvalue weighted by Gasteiger charge is -2.27. The van der Waals surface area contributed by atoms with Crippen molar-refractivity contribution in [2.75, 3.05) is 33.5 Å². The number of hydrogen-bond acceptors (Lipinski definition) is 8. The van der Waals surface area contributed by atoms with E-state index in [9.17, 15) is 4.79 Å². The van der Waals surface area contributed by atoms with Crippen LogP contribution < -0.4 is 20.1 Å². The van der Waals surface area contributed by atoms with Gasteiger partial charge in [-0.1, -0.05) is 6.07 Å². The molecule has 0 spiro atoms. The van der Waals surface area contributed by atoms with Crippen molar-refractivity contribution >= 4 is 5.91 Å². The first-order valence-corrected chi connectivity index (χ1v) is 11.5. The van der Waals surface area contributed by atoms with E-state index in [0.717, 1.165) is 61.1 Å². The lowest BCUT2D eigenvalue weighted by molar-refractivity contribution is -0.125. The smallest absolute Gasteiger partial charge is 0.235 e. The average molecular weight is 464 g/mol. The zero-order chi connectivity index (χ0) is 23.5. The van der Waals surface area contributed by atoms with Gasteiger partial charge in [-0.25, -0.2) is 15.0 Å². The van der Waals surface area contributed by atoms with Crippen molar-refractivity contribution in [3.05, 3.63) is 59.9 Å². The summed E-state index contributed by atoms with van der Waals surface area (Å²) < 4.78 is 12.6. The molecule has 2 atom stereocenters. The van der Waals surface area contributed by atoms with E-state index in [4.69, 9.17) is 14.5 Å². The molecule has 0 saturated carbocycles. The number of ether oxygens (including phenoxy) is 2. The van der Waals surface area contributed by atoms with Gasteiger partial charge < -0.3 is 20.1 Å². The summed E-state index contributed by atoms with van der Waals surface area (Å²) >= 11 is 0. The number of carbonyl (C=O) groups excluding carboxylic acids is 1. The maximum atomic E-state index is 12.7. The molecule has 2 N–H and O–H groups in total. The molecule has 2 aliphatic heterocycles. The molecule has 1 aromatic carbocycles. The molecule has 34 heavy (non-hydrogen) atoms. The lowest BCUT2D eigenvalue weighted by Crippen LogP contribution is -2.37. The van der Waals surface area contributed by atoms with Crippen molar-refractivity contribution in [3.8, 4) is 17.4 Å². The van der Waals surface area contributed by atoms with Crippen LogP contribution in [0.1, 0.15) is 29.4 Å². The zero-order valence-corrected chi connectivity index (χ0v) is 19.4. The van der Waals surface area contributed by atoms with Crippen LogP contribution in [0.4, 0.5) is 0 Å². The molecule has 10 nitrogen and oxygen atoms in total. The van der Waals surface area contributed by atoms with E-state index < -0.39 is 0 Å². The van der Waals surface area contributed by atoms with Gasteiger partial charge in [0.25, 0.3) is 0 Å². The Morgan fingerprint density at radius 2 is 2.09 bits per heavy atom. The van der Waals surface area contributed by atoms with Crippen LogP contribution in [0.5, 0.6) is 11.5 Å². The standard InChI is InChI=1S/C24H29N7O3/c1-16-11-19(29-24(28-16)31-10-7-27-14-31)22-18(23(32)25-2)5-8-30(22)9-6-26-13-17-3-4-20-21(12-17)34-15-33-20/h3-4,7,10-12,14,18,22,26H,5-6,8-9,13,15H2,1-2H3,(H,25,32). The van der Waals surface area contributed by atoms with Gasteiger partial charge in [0, 0.05) is 44.8 Å². The van der Waals surface area contributed by atoms with Crippen LogP contribution in [0.25, 0.3) is 5.95 Å². The third-order valence-corrected chi connectivity index (χ3v) is 6.33. The number of amides is 1. The van der Waals surface area contributed by atoms with Crippen LogP contribution in [0.3, 0.4) is 0 Å². The van der Waals surface area contributed by atoms with Crippen LogP contribution in [0.2, 0.25) is 0 Å². The summed E-state index contributed by atoms with van der Waals surface area (Å²) in [7, 11) is 1.69. The molecule has 2 aliphatic rings. The SMILES string of the molecule is CNC(=O)C1CCN(CCNCc2ccc3c(c2)OCO3)C1c1cc(C)nc(-n2ccnc2)n1. The molecule has 1 amide bonds. The first-order chi connectivity index (χ1) is 16.6. The Hall–Kier alpha value is -3.50. The Morgan fingerprint density at radius 3 is 2.91 bits per heavy atom. The fourth-order valence-electron chi connectivity index (χ4n) is 4.69. The second-order valence-corrected chi connectivity index (χ2v) is 8.56. The summed E-state index contributed by atoms with van der Waals surface area (Å²) in [6, 6.07) is 7.87. The Balaban J connectivity index is 1.29. The molecule has 5 rings (SSSR count). The predicted octanol–water partition coefficient (Wildman–Crippen LogP) is 1.60. The van der Waals surface area contributed by atoms with Gasteiger partial charge in [-0.2, -0.15) is 0 Å². The topological polar surface area (TPSA) is 106 Å². The molecule has 10 heteroatoms. The number of hydrogen-bond donors (Lipinski definition) is 2. The van der Waals surface area contributed by atoms with E-state index in [1.54, 1.807) is 24.1 Å². The highest BCUT2D eigenvalue weighted by Crippen LogP contribution is 2.37. The Labute approximate surface area is 198 Å². The molecule has 178 valence electrons.